The Kier molecular flexibility index (Phi) is 8.03. The fourth-order valence-electron chi connectivity index (χ4n) is 3.49. The largest absolute Gasteiger partial charge is 0.354 e. The van der Waals surface area contributed by atoms with E-state index in [1.165, 1.54) is 22.9 Å². The number of aromatic nitrogens is 4. The van der Waals surface area contributed by atoms with Crippen LogP contribution in [0.2, 0.25) is 0 Å². The molecule has 3 rings (SSSR count). The molecule has 0 fully saturated rings. The van der Waals surface area contributed by atoms with Crippen molar-refractivity contribution in [2.75, 3.05) is 31.9 Å². The van der Waals surface area contributed by atoms with Crippen molar-refractivity contribution in [3.63, 3.8) is 0 Å². The Morgan fingerprint density at radius 1 is 1.10 bits per heavy atom. The predicted octanol–water partition coefficient (Wildman–Crippen LogP) is 3.19. The Bertz CT molecular complexity index is 1030. The summed E-state index contributed by atoms with van der Waals surface area (Å²) in [6, 6.07) is 8.56. The molecule has 0 unspecified atom stereocenters. The van der Waals surface area contributed by atoms with Crippen molar-refractivity contribution >= 4 is 23.4 Å². The van der Waals surface area contributed by atoms with Crippen molar-refractivity contribution in [3.05, 3.63) is 52.3 Å². The summed E-state index contributed by atoms with van der Waals surface area (Å²) < 4.78 is 1.79. The van der Waals surface area contributed by atoms with E-state index in [0.717, 1.165) is 43.0 Å². The molecule has 7 nitrogen and oxygen atoms in total. The van der Waals surface area contributed by atoms with Gasteiger partial charge in [-0.25, -0.2) is 9.50 Å². The van der Waals surface area contributed by atoms with Crippen LogP contribution in [0.3, 0.4) is 0 Å². The van der Waals surface area contributed by atoms with E-state index in [9.17, 15) is 4.79 Å². The second kappa shape index (κ2) is 10.7. The average molecular weight is 441 g/mol. The van der Waals surface area contributed by atoms with E-state index >= 15 is 0 Å². The van der Waals surface area contributed by atoms with Crippen LogP contribution in [0, 0.1) is 20.8 Å². The van der Waals surface area contributed by atoms with Gasteiger partial charge in [-0.2, -0.15) is 4.98 Å². The third kappa shape index (κ3) is 6.04. The van der Waals surface area contributed by atoms with Gasteiger partial charge >= 0.3 is 0 Å². The number of nitrogens with zero attached hydrogens (tertiary/aromatic N) is 5. The third-order valence-electron chi connectivity index (χ3n) is 5.51. The summed E-state index contributed by atoms with van der Waals surface area (Å²) in [5, 5.41) is 8.13. The zero-order chi connectivity index (χ0) is 22.4. The predicted molar refractivity (Wildman–Crippen MR) is 126 cm³/mol. The van der Waals surface area contributed by atoms with E-state index in [0.29, 0.717) is 23.2 Å². The second-order valence-corrected chi connectivity index (χ2v) is 8.64. The standard InChI is InChI=1S/C23H32N6OS/c1-6-28(7-2)13-12-24-21(30)15-31-23-26-22-25-17(4)20(18(5)29(22)27-23)14-19-10-8-16(3)9-11-19/h8-11H,6-7,12-15H2,1-5H3,(H,24,30). The Hall–Kier alpha value is -2.45. The lowest BCUT2D eigenvalue weighted by atomic mass is 10.0. The number of hydrogen-bond donors (Lipinski definition) is 1. The highest BCUT2D eigenvalue weighted by atomic mass is 32.2. The molecule has 0 saturated carbocycles. The molecule has 0 spiro atoms. The second-order valence-electron chi connectivity index (χ2n) is 7.70. The Balaban J connectivity index is 1.65. The topological polar surface area (TPSA) is 75.4 Å². The van der Waals surface area contributed by atoms with E-state index in [2.05, 4.69) is 70.3 Å². The minimum absolute atomic E-state index is 0.00284. The fourth-order valence-corrected chi connectivity index (χ4v) is 4.14. The van der Waals surface area contributed by atoms with Crippen LogP contribution in [0.1, 0.15) is 41.9 Å². The van der Waals surface area contributed by atoms with Crippen LogP contribution in [0.25, 0.3) is 5.78 Å². The van der Waals surface area contributed by atoms with Gasteiger partial charge in [0.25, 0.3) is 5.78 Å². The quantitative estimate of drug-likeness (QED) is 0.488. The summed E-state index contributed by atoms with van der Waals surface area (Å²) >= 11 is 1.34. The van der Waals surface area contributed by atoms with E-state index in [4.69, 9.17) is 0 Å². The van der Waals surface area contributed by atoms with E-state index in [1.807, 2.05) is 13.8 Å². The molecule has 0 aliphatic heterocycles. The van der Waals surface area contributed by atoms with Crippen LogP contribution in [-0.2, 0) is 11.2 Å². The number of carbonyl (C=O) groups is 1. The Labute approximate surface area is 188 Å². The molecule has 0 radical (unpaired) electrons. The summed E-state index contributed by atoms with van der Waals surface area (Å²) in [5.74, 6) is 0.868. The molecule has 2 heterocycles. The number of rotatable bonds is 10. The minimum atomic E-state index is -0.00284. The van der Waals surface area contributed by atoms with Crippen molar-refractivity contribution in [1.82, 2.24) is 29.8 Å². The lowest BCUT2D eigenvalue weighted by molar-refractivity contribution is -0.118. The van der Waals surface area contributed by atoms with Gasteiger partial charge in [-0.15, -0.1) is 5.10 Å². The Morgan fingerprint density at radius 2 is 1.81 bits per heavy atom. The lowest BCUT2D eigenvalue weighted by Gasteiger charge is -2.17. The molecular weight excluding hydrogens is 408 g/mol. The van der Waals surface area contributed by atoms with Crippen LogP contribution in [0.15, 0.2) is 29.4 Å². The zero-order valence-corrected chi connectivity index (χ0v) is 19.9. The summed E-state index contributed by atoms with van der Waals surface area (Å²) in [7, 11) is 0. The maximum Gasteiger partial charge on any atom is 0.253 e. The lowest BCUT2D eigenvalue weighted by Crippen LogP contribution is -2.35. The smallest absolute Gasteiger partial charge is 0.253 e. The SMILES string of the molecule is CCN(CC)CCNC(=O)CSc1nc2nc(C)c(Cc3ccc(C)cc3)c(C)n2n1. The zero-order valence-electron chi connectivity index (χ0n) is 19.1. The van der Waals surface area contributed by atoms with Gasteiger partial charge in [-0.05, 0) is 45.0 Å². The number of amides is 1. The molecule has 0 atom stereocenters. The molecule has 8 heteroatoms. The normalized spacial score (nSPS) is 11.4. The number of benzene rings is 1. The highest BCUT2D eigenvalue weighted by molar-refractivity contribution is 7.99. The van der Waals surface area contributed by atoms with Gasteiger partial charge in [0.05, 0.1) is 5.75 Å². The van der Waals surface area contributed by atoms with Crippen LogP contribution >= 0.6 is 11.8 Å². The number of thioether (sulfide) groups is 1. The van der Waals surface area contributed by atoms with Gasteiger partial charge in [-0.3, -0.25) is 4.79 Å². The monoisotopic (exact) mass is 440 g/mol. The van der Waals surface area contributed by atoms with Crippen molar-refractivity contribution in [2.45, 2.75) is 46.2 Å². The number of fused-ring (bicyclic) bond motifs is 1. The van der Waals surface area contributed by atoms with Crippen LogP contribution in [0.4, 0.5) is 0 Å². The first-order valence-corrected chi connectivity index (χ1v) is 11.8. The molecule has 0 saturated heterocycles. The molecule has 1 N–H and O–H groups in total. The molecule has 2 aromatic heterocycles. The van der Waals surface area contributed by atoms with Crippen molar-refractivity contribution in [2.24, 2.45) is 0 Å². The van der Waals surface area contributed by atoms with Crippen LogP contribution in [-0.4, -0.2) is 62.3 Å². The summed E-state index contributed by atoms with van der Waals surface area (Å²) in [6.07, 6.45) is 0.804. The maximum atomic E-state index is 12.2. The van der Waals surface area contributed by atoms with Gasteiger partial charge in [-0.1, -0.05) is 55.4 Å². The van der Waals surface area contributed by atoms with E-state index in [-0.39, 0.29) is 5.91 Å². The number of carbonyl (C=O) groups excluding carboxylic acids is 1. The summed E-state index contributed by atoms with van der Waals surface area (Å²) in [6.45, 7) is 13.9. The van der Waals surface area contributed by atoms with Crippen molar-refractivity contribution in [3.8, 4) is 0 Å². The van der Waals surface area contributed by atoms with E-state index < -0.39 is 0 Å². The minimum Gasteiger partial charge on any atom is -0.354 e. The number of hydrogen-bond acceptors (Lipinski definition) is 6. The van der Waals surface area contributed by atoms with Crippen LogP contribution in [0.5, 0.6) is 0 Å². The molecular formula is C23H32N6OS. The third-order valence-corrected chi connectivity index (χ3v) is 6.35. The van der Waals surface area contributed by atoms with Gasteiger partial charge in [0.2, 0.25) is 11.1 Å². The van der Waals surface area contributed by atoms with E-state index in [1.54, 1.807) is 4.52 Å². The molecule has 0 bridgehead atoms. The molecule has 1 amide bonds. The van der Waals surface area contributed by atoms with Gasteiger partial charge < -0.3 is 10.2 Å². The fraction of sp³-hybridized carbons (Fsp3) is 0.478. The van der Waals surface area contributed by atoms with Gasteiger partial charge in [0, 0.05) is 30.9 Å². The molecule has 3 aromatic rings. The Morgan fingerprint density at radius 3 is 2.48 bits per heavy atom. The molecule has 31 heavy (non-hydrogen) atoms. The maximum absolute atomic E-state index is 12.2. The average Bonchev–Trinajstić information content (AvgIpc) is 3.17. The molecule has 166 valence electrons. The number of likely N-dealkylation sites (N-methyl/N-ethyl adjacent to an activating group) is 1. The van der Waals surface area contributed by atoms with Gasteiger partial charge in [0.15, 0.2) is 0 Å². The van der Waals surface area contributed by atoms with Crippen molar-refractivity contribution in [1.29, 1.82) is 0 Å². The first-order chi connectivity index (χ1) is 14.9. The highest BCUT2D eigenvalue weighted by Gasteiger charge is 2.15. The highest BCUT2D eigenvalue weighted by Crippen LogP contribution is 2.20. The van der Waals surface area contributed by atoms with Gasteiger partial charge in [0.1, 0.15) is 0 Å². The molecule has 0 aliphatic carbocycles. The summed E-state index contributed by atoms with van der Waals surface area (Å²) in [4.78, 5) is 23.6. The van der Waals surface area contributed by atoms with Crippen molar-refractivity contribution < 1.29 is 4.79 Å². The molecule has 1 aromatic carbocycles. The first kappa shape index (κ1) is 23.2. The summed E-state index contributed by atoms with van der Waals surface area (Å²) in [5.41, 5.74) is 5.65. The number of nitrogens with one attached hydrogen (secondary N) is 1. The molecule has 0 aliphatic rings. The number of aryl methyl sites for hydroxylation is 3. The first-order valence-electron chi connectivity index (χ1n) is 10.8. The van der Waals surface area contributed by atoms with Crippen LogP contribution < -0.4 is 5.32 Å².